The number of aromatic nitrogens is 1. The number of carbonyl (C=O) groups is 2. The molecule has 2 fully saturated rings. The van der Waals surface area contributed by atoms with Gasteiger partial charge in [0, 0.05) is 32.4 Å². The normalized spacial score (nSPS) is 23.8. The van der Waals surface area contributed by atoms with E-state index in [9.17, 15) is 14.7 Å². The Morgan fingerprint density at radius 2 is 2.12 bits per heavy atom. The summed E-state index contributed by atoms with van der Waals surface area (Å²) in [6.45, 7) is 1.54. The van der Waals surface area contributed by atoms with Crippen LogP contribution in [0.2, 0.25) is 0 Å². The first-order valence-corrected chi connectivity index (χ1v) is 9.30. The quantitative estimate of drug-likeness (QED) is 0.550. The highest BCUT2D eigenvalue weighted by molar-refractivity contribution is 7.99. The highest BCUT2D eigenvalue weighted by atomic mass is 32.2. The monoisotopic (exact) mass is 350 g/mol. The van der Waals surface area contributed by atoms with Crippen molar-refractivity contribution in [2.45, 2.75) is 36.7 Å². The zero-order valence-corrected chi connectivity index (χ0v) is 14.4. The van der Waals surface area contributed by atoms with Gasteiger partial charge in [-0.3, -0.25) is 14.9 Å². The van der Waals surface area contributed by atoms with Gasteiger partial charge < -0.3 is 15.3 Å². The Labute approximate surface area is 145 Å². The molecule has 1 atom stereocenters. The fourth-order valence-electron chi connectivity index (χ4n) is 2.98. The van der Waals surface area contributed by atoms with Crippen molar-refractivity contribution in [3.63, 3.8) is 0 Å². The van der Waals surface area contributed by atoms with E-state index in [1.807, 2.05) is 18.4 Å². The molecule has 1 aromatic rings. The van der Waals surface area contributed by atoms with Crippen LogP contribution in [-0.4, -0.2) is 52.2 Å². The molecule has 0 bridgehead atoms. The molecule has 24 heavy (non-hydrogen) atoms. The van der Waals surface area contributed by atoms with Crippen LogP contribution in [0.5, 0.6) is 0 Å². The Bertz CT molecular complexity index is 614. The fourth-order valence-corrected chi connectivity index (χ4v) is 3.57. The van der Waals surface area contributed by atoms with Crippen LogP contribution in [0.15, 0.2) is 18.3 Å². The van der Waals surface area contributed by atoms with E-state index in [2.05, 4.69) is 20.5 Å². The predicted octanol–water partition coefficient (Wildman–Crippen LogP) is 0.950. The second kappa shape index (κ2) is 6.98. The minimum Gasteiger partial charge on any atom is -0.379 e. The molecule has 130 valence electrons. The summed E-state index contributed by atoms with van der Waals surface area (Å²) in [7, 11) is 0. The van der Waals surface area contributed by atoms with E-state index in [-0.39, 0.29) is 11.8 Å². The minimum atomic E-state index is -0.621. The summed E-state index contributed by atoms with van der Waals surface area (Å²) < 4.78 is 0. The molecule has 0 spiro atoms. The highest BCUT2D eigenvalue weighted by Crippen LogP contribution is 2.33. The maximum atomic E-state index is 11.8. The van der Waals surface area contributed by atoms with Crippen LogP contribution in [-0.2, 0) is 9.59 Å². The van der Waals surface area contributed by atoms with Crippen LogP contribution in [0.4, 0.5) is 11.5 Å². The average molecular weight is 350 g/mol. The standard InChI is InChI=1S/C16H22N4O3S/c1-24-16(23)6-8-20(9-7-16)13-4-2-11(10-17-13)18-12-3-5-14(21)19-15(12)22/h2,4,10,12,18,23H,3,5-9H2,1H3,(H,19,21,22). The molecule has 0 aromatic carbocycles. The third kappa shape index (κ3) is 3.81. The van der Waals surface area contributed by atoms with Crippen LogP contribution >= 0.6 is 11.8 Å². The summed E-state index contributed by atoms with van der Waals surface area (Å²) in [6.07, 6.45) is 5.91. The molecule has 3 rings (SSSR count). The topological polar surface area (TPSA) is 94.6 Å². The van der Waals surface area contributed by atoms with Crippen LogP contribution in [0, 0.1) is 0 Å². The van der Waals surface area contributed by atoms with Crippen molar-refractivity contribution in [3.8, 4) is 0 Å². The Kier molecular flexibility index (Phi) is 4.96. The Morgan fingerprint density at radius 3 is 2.71 bits per heavy atom. The maximum absolute atomic E-state index is 11.8. The van der Waals surface area contributed by atoms with Crippen molar-refractivity contribution < 1.29 is 14.7 Å². The van der Waals surface area contributed by atoms with E-state index in [0.29, 0.717) is 25.7 Å². The third-order valence-corrected chi connectivity index (χ3v) is 5.74. The lowest BCUT2D eigenvalue weighted by molar-refractivity contribution is -0.133. The summed E-state index contributed by atoms with van der Waals surface area (Å²) in [5.41, 5.74) is 0.755. The van der Waals surface area contributed by atoms with Gasteiger partial charge in [-0.1, -0.05) is 0 Å². The summed E-state index contributed by atoms with van der Waals surface area (Å²) in [6, 6.07) is 3.40. The molecule has 1 unspecified atom stereocenters. The highest BCUT2D eigenvalue weighted by Gasteiger charge is 2.31. The van der Waals surface area contributed by atoms with E-state index in [4.69, 9.17) is 0 Å². The SMILES string of the molecule is CSC1(O)CCN(c2ccc(NC3CCC(=O)NC3=O)cn2)CC1. The molecule has 7 nitrogen and oxygen atoms in total. The summed E-state index contributed by atoms with van der Waals surface area (Å²) in [5.74, 6) is 0.358. The number of hydrogen-bond acceptors (Lipinski definition) is 7. The number of nitrogens with zero attached hydrogens (tertiary/aromatic N) is 2. The van der Waals surface area contributed by atoms with Crippen molar-refractivity contribution in [2.75, 3.05) is 29.6 Å². The van der Waals surface area contributed by atoms with Crippen LogP contribution < -0.4 is 15.5 Å². The summed E-state index contributed by atoms with van der Waals surface area (Å²) in [4.78, 5) is 28.9. The van der Waals surface area contributed by atoms with Crippen molar-refractivity contribution in [1.29, 1.82) is 0 Å². The number of amides is 2. The lowest BCUT2D eigenvalue weighted by atomic mass is 10.1. The number of rotatable bonds is 4. The van der Waals surface area contributed by atoms with Gasteiger partial charge in [0.2, 0.25) is 11.8 Å². The number of pyridine rings is 1. The van der Waals surface area contributed by atoms with Crippen LogP contribution in [0.3, 0.4) is 0 Å². The van der Waals surface area contributed by atoms with E-state index < -0.39 is 11.0 Å². The smallest absolute Gasteiger partial charge is 0.249 e. The van der Waals surface area contributed by atoms with Crippen LogP contribution in [0.25, 0.3) is 0 Å². The number of aliphatic hydroxyl groups is 1. The van der Waals surface area contributed by atoms with Crippen molar-refractivity contribution in [3.05, 3.63) is 18.3 Å². The van der Waals surface area contributed by atoms with E-state index >= 15 is 0 Å². The van der Waals surface area contributed by atoms with Gasteiger partial charge in [0.1, 0.15) is 16.8 Å². The molecular formula is C16H22N4O3S. The van der Waals surface area contributed by atoms with Gasteiger partial charge in [0.25, 0.3) is 0 Å². The lowest BCUT2D eigenvalue weighted by Crippen LogP contribution is -2.47. The first-order chi connectivity index (χ1) is 11.5. The second-order valence-electron chi connectivity index (χ2n) is 6.19. The van der Waals surface area contributed by atoms with E-state index in [1.165, 1.54) is 11.8 Å². The zero-order valence-electron chi connectivity index (χ0n) is 13.6. The molecule has 2 aliphatic rings. The van der Waals surface area contributed by atoms with Crippen molar-refractivity contribution in [2.24, 2.45) is 0 Å². The van der Waals surface area contributed by atoms with Gasteiger partial charge >= 0.3 is 0 Å². The number of anilines is 2. The molecule has 1 aromatic heterocycles. The van der Waals surface area contributed by atoms with Gasteiger partial charge in [-0.25, -0.2) is 4.98 Å². The fraction of sp³-hybridized carbons (Fsp3) is 0.562. The number of carbonyl (C=O) groups excluding carboxylic acids is 2. The minimum absolute atomic E-state index is 0.221. The summed E-state index contributed by atoms with van der Waals surface area (Å²) in [5, 5.41) is 15.7. The predicted molar refractivity (Wildman–Crippen MR) is 93.9 cm³/mol. The number of thioether (sulfide) groups is 1. The molecule has 2 aliphatic heterocycles. The number of hydrogen-bond donors (Lipinski definition) is 3. The number of imide groups is 1. The first kappa shape index (κ1) is 17.0. The lowest BCUT2D eigenvalue weighted by Gasteiger charge is -2.37. The maximum Gasteiger partial charge on any atom is 0.249 e. The molecule has 2 saturated heterocycles. The first-order valence-electron chi connectivity index (χ1n) is 8.08. The zero-order chi connectivity index (χ0) is 17.2. The molecular weight excluding hydrogens is 328 g/mol. The number of nitrogens with one attached hydrogen (secondary N) is 2. The molecule has 3 heterocycles. The van der Waals surface area contributed by atoms with Gasteiger partial charge in [0.05, 0.1) is 11.9 Å². The van der Waals surface area contributed by atoms with Gasteiger partial charge in [0.15, 0.2) is 0 Å². The second-order valence-corrected chi connectivity index (χ2v) is 7.36. The average Bonchev–Trinajstić information content (AvgIpc) is 2.59. The number of piperidine rings is 2. The van der Waals surface area contributed by atoms with Gasteiger partial charge in [-0.15, -0.1) is 11.8 Å². The summed E-state index contributed by atoms with van der Waals surface area (Å²) >= 11 is 1.50. The van der Waals surface area contributed by atoms with Gasteiger partial charge in [-0.2, -0.15) is 0 Å². The molecule has 8 heteroatoms. The van der Waals surface area contributed by atoms with E-state index in [0.717, 1.165) is 24.6 Å². The largest absolute Gasteiger partial charge is 0.379 e. The van der Waals surface area contributed by atoms with Crippen molar-refractivity contribution in [1.82, 2.24) is 10.3 Å². The Hall–Kier alpha value is -1.80. The molecule has 3 N–H and O–H groups in total. The molecule has 0 radical (unpaired) electrons. The molecule has 0 saturated carbocycles. The van der Waals surface area contributed by atoms with Crippen LogP contribution in [0.1, 0.15) is 25.7 Å². The Morgan fingerprint density at radius 1 is 1.38 bits per heavy atom. The van der Waals surface area contributed by atoms with Crippen molar-refractivity contribution >= 4 is 35.1 Å². The van der Waals surface area contributed by atoms with E-state index in [1.54, 1.807) is 6.20 Å². The Balaban J connectivity index is 1.58. The van der Waals surface area contributed by atoms with Gasteiger partial charge in [-0.05, 0) is 24.8 Å². The third-order valence-electron chi connectivity index (χ3n) is 4.58. The molecule has 0 aliphatic carbocycles. The molecule has 2 amide bonds.